The molecule has 0 bridgehead atoms. The molecule has 0 saturated carbocycles. The van der Waals surface area contributed by atoms with E-state index in [9.17, 15) is 9.59 Å². The number of carbonyl (C=O) groups excluding carboxylic acids is 2. The molecule has 3 aromatic rings. The van der Waals surface area contributed by atoms with Crippen molar-refractivity contribution < 1.29 is 9.59 Å². The zero-order valence-electron chi connectivity index (χ0n) is 18.0. The van der Waals surface area contributed by atoms with E-state index in [-0.39, 0.29) is 18.4 Å². The molecule has 3 rings (SSSR count). The fourth-order valence-corrected chi connectivity index (χ4v) is 3.18. The van der Waals surface area contributed by atoms with E-state index in [1.807, 2.05) is 48.5 Å². The molecule has 0 aliphatic heterocycles. The quantitative estimate of drug-likeness (QED) is 0.525. The first kappa shape index (κ1) is 22.1. The molecule has 7 nitrogen and oxygen atoms in total. The molecule has 2 N–H and O–H groups in total. The van der Waals surface area contributed by atoms with Gasteiger partial charge in [-0.2, -0.15) is 5.10 Å². The van der Waals surface area contributed by atoms with E-state index in [1.54, 1.807) is 23.1 Å². The zero-order chi connectivity index (χ0) is 22.1. The molecule has 0 unspecified atom stereocenters. The van der Waals surface area contributed by atoms with Crippen LogP contribution in [0.3, 0.4) is 0 Å². The van der Waals surface area contributed by atoms with E-state index in [0.29, 0.717) is 17.8 Å². The molecule has 2 amide bonds. The second-order valence-electron chi connectivity index (χ2n) is 7.46. The molecule has 2 aromatic carbocycles. The van der Waals surface area contributed by atoms with Crippen molar-refractivity contribution in [3.05, 3.63) is 78.1 Å². The first-order chi connectivity index (χ1) is 15.0. The first-order valence-electron chi connectivity index (χ1n) is 10.5. The summed E-state index contributed by atoms with van der Waals surface area (Å²) in [6.07, 6.45) is 5.66. The number of nitrogens with one attached hydrogen (secondary N) is 2. The highest BCUT2D eigenvalue weighted by Gasteiger charge is 2.08. The van der Waals surface area contributed by atoms with Crippen LogP contribution in [0.2, 0.25) is 0 Å². The molecule has 0 atom stereocenters. The average molecular weight is 420 g/mol. The van der Waals surface area contributed by atoms with Gasteiger partial charge in [0.25, 0.3) is 5.91 Å². The smallest absolute Gasteiger partial charge is 0.251 e. The summed E-state index contributed by atoms with van der Waals surface area (Å²) in [6, 6.07) is 16.8. The van der Waals surface area contributed by atoms with Gasteiger partial charge in [-0.05, 0) is 54.4 Å². The van der Waals surface area contributed by atoms with Crippen LogP contribution in [0.1, 0.15) is 35.7 Å². The topological polar surface area (TPSA) is 79.3 Å². The van der Waals surface area contributed by atoms with E-state index < -0.39 is 0 Å². The maximum Gasteiger partial charge on any atom is 0.251 e. The lowest BCUT2D eigenvalue weighted by Gasteiger charge is -2.19. The van der Waals surface area contributed by atoms with E-state index in [0.717, 1.165) is 30.6 Å². The van der Waals surface area contributed by atoms with Crippen molar-refractivity contribution in [1.82, 2.24) is 15.1 Å². The zero-order valence-corrected chi connectivity index (χ0v) is 18.0. The Morgan fingerprint density at radius 1 is 1.10 bits per heavy atom. The van der Waals surface area contributed by atoms with Crippen LogP contribution in [0.25, 0.3) is 0 Å². The van der Waals surface area contributed by atoms with Crippen molar-refractivity contribution in [3.8, 4) is 0 Å². The van der Waals surface area contributed by atoms with Gasteiger partial charge in [0, 0.05) is 49.5 Å². The van der Waals surface area contributed by atoms with Crippen molar-refractivity contribution in [2.45, 2.75) is 32.9 Å². The highest BCUT2D eigenvalue weighted by molar-refractivity contribution is 5.94. The fraction of sp³-hybridized carbons (Fsp3) is 0.292. The summed E-state index contributed by atoms with van der Waals surface area (Å²) in [5.74, 6) is -0.287. The number of aromatic nitrogens is 2. The number of anilines is 2. The van der Waals surface area contributed by atoms with Gasteiger partial charge in [-0.25, -0.2) is 0 Å². The van der Waals surface area contributed by atoms with Gasteiger partial charge >= 0.3 is 0 Å². The van der Waals surface area contributed by atoms with Crippen LogP contribution >= 0.6 is 0 Å². The van der Waals surface area contributed by atoms with Gasteiger partial charge in [0.1, 0.15) is 6.54 Å². The molecule has 7 heteroatoms. The van der Waals surface area contributed by atoms with Gasteiger partial charge < -0.3 is 15.5 Å². The largest absolute Gasteiger partial charge is 0.375 e. The standard InChI is InChI=1S/C24H29N5O2/c1-3-4-14-28(2)22-11-9-20(10-12-22)24(31)25-17-19-7-5-8-21(16-19)27-23(30)18-29-15-6-13-26-29/h5-13,15-16H,3-4,14,17-18H2,1-2H3,(H,25,31)(H,27,30). The Labute approximate surface area is 183 Å². The minimum absolute atomic E-state index is 0.129. The average Bonchev–Trinajstić information content (AvgIpc) is 3.29. The van der Waals surface area contributed by atoms with Crippen molar-refractivity contribution in [1.29, 1.82) is 0 Å². The van der Waals surface area contributed by atoms with Gasteiger partial charge in [-0.3, -0.25) is 14.3 Å². The van der Waals surface area contributed by atoms with Crippen molar-refractivity contribution in [3.63, 3.8) is 0 Å². The number of unbranched alkanes of at least 4 members (excludes halogenated alkanes) is 1. The summed E-state index contributed by atoms with van der Waals surface area (Å²) in [6.45, 7) is 3.69. The summed E-state index contributed by atoms with van der Waals surface area (Å²) >= 11 is 0. The van der Waals surface area contributed by atoms with E-state index in [1.165, 1.54) is 0 Å². The van der Waals surface area contributed by atoms with Crippen molar-refractivity contribution in [2.75, 3.05) is 23.8 Å². The van der Waals surface area contributed by atoms with Crippen molar-refractivity contribution in [2.24, 2.45) is 0 Å². The molecule has 0 spiro atoms. The number of nitrogens with zero attached hydrogens (tertiary/aromatic N) is 3. The van der Waals surface area contributed by atoms with Crippen LogP contribution in [0.5, 0.6) is 0 Å². The second kappa shape index (κ2) is 11.0. The van der Waals surface area contributed by atoms with Crippen LogP contribution in [0, 0.1) is 0 Å². The normalized spacial score (nSPS) is 10.5. The molecule has 1 heterocycles. The number of rotatable bonds is 10. The minimum Gasteiger partial charge on any atom is -0.375 e. The van der Waals surface area contributed by atoms with Crippen LogP contribution in [0.15, 0.2) is 67.0 Å². The molecule has 31 heavy (non-hydrogen) atoms. The molecular formula is C24H29N5O2. The third-order valence-electron chi connectivity index (χ3n) is 4.95. The SMILES string of the molecule is CCCCN(C)c1ccc(C(=O)NCc2cccc(NC(=O)Cn3cccn3)c2)cc1. The Morgan fingerprint density at radius 3 is 2.61 bits per heavy atom. The van der Waals surface area contributed by atoms with Gasteiger partial charge in [0.05, 0.1) is 0 Å². The fourth-order valence-electron chi connectivity index (χ4n) is 3.18. The van der Waals surface area contributed by atoms with Gasteiger partial charge in [0.2, 0.25) is 5.91 Å². The van der Waals surface area contributed by atoms with E-state index in [2.05, 4.69) is 34.6 Å². The number of carbonyl (C=O) groups is 2. The number of amides is 2. The molecule has 162 valence electrons. The van der Waals surface area contributed by atoms with Gasteiger partial charge in [0.15, 0.2) is 0 Å². The Balaban J connectivity index is 1.52. The second-order valence-corrected chi connectivity index (χ2v) is 7.46. The monoisotopic (exact) mass is 419 g/mol. The maximum absolute atomic E-state index is 12.5. The molecule has 0 aliphatic rings. The molecule has 1 aromatic heterocycles. The molecule has 0 radical (unpaired) electrons. The van der Waals surface area contributed by atoms with Crippen LogP contribution in [-0.4, -0.2) is 35.2 Å². The Morgan fingerprint density at radius 2 is 1.90 bits per heavy atom. The highest BCUT2D eigenvalue weighted by atomic mass is 16.2. The third-order valence-corrected chi connectivity index (χ3v) is 4.95. The Bertz CT molecular complexity index is 983. The summed E-state index contributed by atoms with van der Waals surface area (Å²) in [7, 11) is 2.06. The summed E-state index contributed by atoms with van der Waals surface area (Å²) in [5.41, 5.74) is 3.31. The number of benzene rings is 2. The van der Waals surface area contributed by atoms with Crippen molar-refractivity contribution >= 4 is 23.2 Å². The Hall–Kier alpha value is -3.61. The molecule has 0 aliphatic carbocycles. The van der Waals surface area contributed by atoms with E-state index in [4.69, 9.17) is 0 Å². The first-order valence-corrected chi connectivity index (χ1v) is 10.5. The molecular weight excluding hydrogens is 390 g/mol. The number of hydrogen-bond donors (Lipinski definition) is 2. The van der Waals surface area contributed by atoms with Gasteiger partial charge in [-0.1, -0.05) is 25.5 Å². The van der Waals surface area contributed by atoms with Crippen LogP contribution in [-0.2, 0) is 17.9 Å². The lowest BCUT2D eigenvalue weighted by molar-refractivity contribution is -0.116. The predicted octanol–water partition coefficient (Wildman–Crippen LogP) is 3.69. The lowest BCUT2D eigenvalue weighted by atomic mass is 10.1. The Kier molecular flexibility index (Phi) is 7.81. The maximum atomic E-state index is 12.5. The van der Waals surface area contributed by atoms with Gasteiger partial charge in [-0.15, -0.1) is 0 Å². The summed E-state index contributed by atoms with van der Waals surface area (Å²) in [5, 5.41) is 9.82. The predicted molar refractivity (Wildman–Crippen MR) is 123 cm³/mol. The lowest BCUT2D eigenvalue weighted by Crippen LogP contribution is -2.23. The summed E-state index contributed by atoms with van der Waals surface area (Å²) in [4.78, 5) is 26.8. The third kappa shape index (κ3) is 6.70. The molecule has 0 fully saturated rings. The highest BCUT2D eigenvalue weighted by Crippen LogP contribution is 2.15. The number of hydrogen-bond acceptors (Lipinski definition) is 4. The molecule has 0 saturated heterocycles. The summed E-state index contributed by atoms with van der Waals surface area (Å²) < 4.78 is 1.56. The minimum atomic E-state index is -0.158. The van der Waals surface area contributed by atoms with Crippen LogP contribution < -0.4 is 15.5 Å². The van der Waals surface area contributed by atoms with E-state index >= 15 is 0 Å². The van der Waals surface area contributed by atoms with Crippen LogP contribution in [0.4, 0.5) is 11.4 Å².